The maximum atomic E-state index is 5.70. The average molecular weight is 293 g/mol. The van der Waals surface area contributed by atoms with Crippen LogP contribution in [0.2, 0.25) is 0 Å². The summed E-state index contributed by atoms with van der Waals surface area (Å²) in [6.45, 7) is 3.49. The Morgan fingerprint density at radius 1 is 1.43 bits per heavy atom. The van der Waals surface area contributed by atoms with Gasteiger partial charge in [0.15, 0.2) is 0 Å². The largest absolute Gasteiger partial charge is 0.379 e. The molecule has 0 radical (unpaired) electrons. The summed E-state index contributed by atoms with van der Waals surface area (Å²) in [7, 11) is 2.04. The predicted molar refractivity (Wildman–Crippen MR) is 81.3 cm³/mol. The van der Waals surface area contributed by atoms with Gasteiger partial charge in [-0.3, -0.25) is 4.68 Å². The minimum atomic E-state index is 0.342. The number of nitrogens with zero attached hydrogens (tertiary/aromatic N) is 2. The van der Waals surface area contributed by atoms with E-state index in [0.29, 0.717) is 12.1 Å². The van der Waals surface area contributed by atoms with Gasteiger partial charge in [0, 0.05) is 37.6 Å². The second-order valence-electron chi connectivity index (χ2n) is 6.13. The standard InChI is InChI=1S/C16H27N3O2/c1-19-16-7-2-6-15(14(16)11-18-19)17-8-4-9-20-12-13-5-3-10-21-13/h11,13,15,17H,2-10,12H2,1H3. The number of ether oxygens (including phenoxy) is 2. The number of hydrogen-bond donors (Lipinski definition) is 1. The van der Waals surface area contributed by atoms with Crippen LogP contribution in [0, 0.1) is 0 Å². The van der Waals surface area contributed by atoms with Crippen molar-refractivity contribution in [3.8, 4) is 0 Å². The normalized spacial score (nSPS) is 25.2. The van der Waals surface area contributed by atoms with E-state index < -0.39 is 0 Å². The number of hydrogen-bond acceptors (Lipinski definition) is 4. The van der Waals surface area contributed by atoms with Crippen molar-refractivity contribution in [2.24, 2.45) is 7.05 Å². The molecule has 2 aliphatic rings. The SMILES string of the molecule is Cn1ncc2c1CCCC2NCCCOCC1CCCO1. The Bertz CT molecular complexity index is 441. The molecule has 5 heteroatoms. The van der Waals surface area contributed by atoms with Crippen molar-refractivity contribution < 1.29 is 9.47 Å². The summed E-state index contributed by atoms with van der Waals surface area (Å²) in [5.41, 5.74) is 2.79. The summed E-state index contributed by atoms with van der Waals surface area (Å²) in [4.78, 5) is 0. The average Bonchev–Trinajstić information content (AvgIpc) is 3.14. The van der Waals surface area contributed by atoms with Crippen molar-refractivity contribution in [3.05, 3.63) is 17.5 Å². The van der Waals surface area contributed by atoms with Gasteiger partial charge in [-0.2, -0.15) is 5.10 Å². The van der Waals surface area contributed by atoms with E-state index in [1.807, 2.05) is 17.9 Å². The van der Waals surface area contributed by atoms with E-state index in [-0.39, 0.29) is 0 Å². The van der Waals surface area contributed by atoms with Crippen LogP contribution in [0.1, 0.15) is 49.4 Å². The predicted octanol–water partition coefficient (Wildman–Crippen LogP) is 1.97. The van der Waals surface area contributed by atoms with Gasteiger partial charge in [-0.05, 0) is 45.1 Å². The fourth-order valence-electron chi connectivity index (χ4n) is 3.36. The van der Waals surface area contributed by atoms with E-state index in [9.17, 15) is 0 Å². The lowest BCUT2D eigenvalue weighted by molar-refractivity contribution is 0.0165. The number of aromatic nitrogens is 2. The number of rotatable bonds is 7. The fraction of sp³-hybridized carbons (Fsp3) is 0.812. The van der Waals surface area contributed by atoms with Crippen molar-refractivity contribution in [2.45, 2.75) is 50.7 Å². The van der Waals surface area contributed by atoms with Crippen LogP contribution in [0.15, 0.2) is 6.20 Å². The van der Waals surface area contributed by atoms with E-state index >= 15 is 0 Å². The summed E-state index contributed by atoms with van der Waals surface area (Å²) in [6, 6.07) is 0.473. The summed E-state index contributed by atoms with van der Waals surface area (Å²) in [5, 5.41) is 8.04. The molecule has 0 amide bonds. The van der Waals surface area contributed by atoms with Gasteiger partial charge in [-0.25, -0.2) is 0 Å². The van der Waals surface area contributed by atoms with Crippen LogP contribution in [0.5, 0.6) is 0 Å². The second kappa shape index (κ2) is 7.38. The highest BCUT2D eigenvalue weighted by Crippen LogP contribution is 2.28. The molecule has 2 unspecified atom stereocenters. The lowest BCUT2D eigenvalue weighted by atomic mass is 9.93. The summed E-state index contributed by atoms with van der Waals surface area (Å²) >= 11 is 0. The maximum Gasteiger partial charge on any atom is 0.0809 e. The van der Waals surface area contributed by atoms with E-state index in [0.717, 1.165) is 45.6 Å². The Hall–Kier alpha value is -0.910. The summed E-state index contributed by atoms with van der Waals surface area (Å²) in [5.74, 6) is 0. The molecule has 1 saturated heterocycles. The maximum absolute atomic E-state index is 5.70. The number of aryl methyl sites for hydroxylation is 1. The molecule has 1 N–H and O–H groups in total. The molecule has 0 bridgehead atoms. The zero-order chi connectivity index (χ0) is 14.5. The smallest absolute Gasteiger partial charge is 0.0809 e. The summed E-state index contributed by atoms with van der Waals surface area (Å²) in [6.07, 6.45) is 9.39. The zero-order valence-corrected chi connectivity index (χ0v) is 13.0. The topological polar surface area (TPSA) is 48.3 Å². The first-order valence-electron chi connectivity index (χ1n) is 8.28. The second-order valence-corrected chi connectivity index (χ2v) is 6.13. The van der Waals surface area contributed by atoms with Gasteiger partial charge in [-0.1, -0.05) is 0 Å². The monoisotopic (exact) mass is 293 g/mol. The zero-order valence-electron chi connectivity index (χ0n) is 13.0. The molecule has 118 valence electrons. The molecule has 1 fully saturated rings. The molecule has 0 spiro atoms. The van der Waals surface area contributed by atoms with E-state index in [1.165, 1.54) is 30.5 Å². The molecule has 0 saturated carbocycles. The molecular weight excluding hydrogens is 266 g/mol. The van der Waals surface area contributed by atoms with Gasteiger partial charge in [0.25, 0.3) is 0 Å². The van der Waals surface area contributed by atoms with Gasteiger partial charge in [0.2, 0.25) is 0 Å². The first-order valence-corrected chi connectivity index (χ1v) is 8.28. The van der Waals surface area contributed by atoms with Crippen LogP contribution in [-0.4, -0.2) is 42.2 Å². The van der Waals surface area contributed by atoms with E-state index in [4.69, 9.17) is 9.47 Å². The van der Waals surface area contributed by atoms with Gasteiger partial charge in [-0.15, -0.1) is 0 Å². The van der Waals surface area contributed by atoms with Crippen molar-refractivity contribution in [3.63, 3.8) is 0 Å². The minimum Gasteiger partial charge on any atom is -0.379 e. The quantitative estimate of drug-likeness (QED) is 0.781. The number of fused-ring (bicyclic) bond motifs is 1. The molecule has 2 heterocycles. The Kier molecular flexibility index (Phi) is 5.27. The van der Waals surface area contributed by atoms with Crippen LogP contribution in [0.25, 0.3) is 0 Å². The molecule has 1 aromatic heterocycles. The Morgan fingerprint density at radius 2 is 2.38 bits per heavy atom. The van der Waals surface area contributed by atoms with Crippen molar-refractivity contribution in [2.75, 3.05) is 26.4 Å². The van der Waals surface area contributed by atoms with Crippen LogP contribution in [0.3, 0.4) is 0 Å². The van der Waals surface area contributed by atoms with Crippen LogP contribution in [-0.2, 0) is 22.9 Å². The molecule has 21 heavy (non-hydrogen) atoms. The number of nitrogens with one attached hydrogen (secondary N) is 1. The van der Waals surface area contributed by atoms with Gasteiger partial charge >= 0.3 is 0 Å². The highest BCUT2D eigenvalue weighted by Gasteiger charge is 2.22. The molecule has 0 aromatic carbocycles. The van der Waals surface area contributed by atoms with Crippen LogP contribution in [0.4, 0.5) is 0 Å². The molecule has 2 atom stereocenters. The Labute approximate surface area is 127 Å². The highest BCUT2D eigenvalue weighted by atomic mass is 16.5. The third-order valence-electron chi connectivity index (χ3n) is 4.56. The summed E-state index contributed by atoms with van der Waals surface area (Å²) < 4.78 is 13.3. The van der Waals surface area contributed by atoms with Crippen LogP contribution >= 0.6 is 0 Å². The molecular formula is C16H27N3O2. The van der Waals surface area contributed by atoms with Gasteiger partial charge in [0.1, 0.15) is 0 Å². The fourth-order valence-corrected chi connectivity index (χ4v) is 3.36. The first-order chi connectivity index (χ1) is 10.3. The van der Waals surface area contributed by atoms with Crippen molar-refractivity contribution in [1.29, 1.82) is 0 Å². The Balaban J connectivity index is 1.32. The first kappa shape index (κ1) is 15.0. The van der Waals surface area contributed by atoms with Crippen molar-refractivity contribution in [1.82, 2.24) is 15.1 Å². The van der Waals surface area contributed by atoms with Crippen LogP contribution < -0.4 is 5.32 Å². The Morgan fingerprint density at radius 3 is 3.24 bits per heavy atom. The highest BCUT2D eigenvalue weighted by molar-refractivity contribution is 5.24. The van der Waals surface area contributed by atoms with Crippen molar-refractivity contribution >= 4 is 0 Å². The van der Waals surface area contributed by atoms with E-state index in [2.05, 4.69) is 10.4 Å². The minimum absolute atomic E-state index is 0.342. The molecule has 1 aliphatic heterocycles. The molecule has 1 aromatic rings. The lowest BCUT2D eigenvalue weighted by Gasteiger charge is -2.24. The van der Waals surface area contributed by atoms with Gasteiger partial charge in [0.05, 0.1) is 18.9 Å². The third kappa shape index (κ3) is 3.84. The molecule has 1 aliphatic carbocycles. The van der Waals surface area contributed by atoms with E-state index in [1.54, 1.807) is 0 Å². The lowest BCUT2D eigenvalue weighted by Crippen LogP contribution is -2.27. The molecule has 3 rings (SSSR count). The molecule has 5 nitrogen and oxygen atoms in total. The van der Waals surface area contributed by atoms with Gasteiger partial charge < -0.3 is 14.8 Å². The third-order valence-corrected chi connectivity index (χ3v) is 4.56.